The maximum Gasteiger partial charge on any atom is 0.397 e. The van der Waals surface area contributed by atoms with Crippen molar-refractivity contribution in [2.24, 2.45) is 0 Å². The van der Waals surface area contributed by atoms with Crippen molar-refractivity contribution >= 4 is 5.97 Å². The third kappa shape index (κ3) is 2.93. The van der Waals surface area contributed by atoms with E-state index in [0.29, 0.717) is 0 Å². The third-order valence-electron chi connectivity index (χ3n) is 2.30. The summed E-state index contributed by atoms with van der Waals surface area (Å²) in [6.45, 7) is 1.81. The van der Waals surface area contributed by atoms with Crippen LogP contribution in [0.15, 0.2) is 22.7 Å². The van der Waals surface area contributed by atoms with Gasteiger partial charge in [0.2, 0.25) is 0 Å². The topological polar surface area (TPSA) is 65.2 Å². The number of ether oxygens (including phenoxy) is 1. The quantitative estimate of drug-likeness (QED) is 0.794. The van der Waals surface area contributed by atoms with Crippen LogP contribution in [0.4, 0.5) is 8.78 Å². The van der Waals surface area contributed by atoms with Crippen molar-refractivity contribution in [2.75, 3.05) is 6.61 Å². The zero-order valence-corrected chi connectivity index (χ0v) is 10.0. The average molecular weight is 268 g/mol. The van der Waals surface area contributed by atoms with Gasteiger partial charge in [-0.15, -0.1) is 0 Å². The molecule has 2 aromatic rings. The normalized spacial score (nSPS) is 10.5. The Morgan fingerprint density at radius 2 is 2.21 bits per heavy atom. The molecule has 0 aliphatic carbocycles. The van der Waals surface area contributed by atoms with E-state index in [0.717, 1.165) is 6.07 Å². The number of hydrogen-bond acceptors (Lipinski definition) is 5. The molecule has 0 saturated carbocycles. The van der Waals surface area contributed by atoms with Crippen LogP contribution in [0.1, 0.15) is 29.0 Å². The van der Waals surface area contributed by atoms with Crippen LogP contribution in [0.2, 0.25) is 0 Å². The standard InChI is InChI=1S/C12H10F2N2O3/c1-2-18-12(17)11-15-9(16-19-11)6-7-4-3-5-8(13)10(7)14/h3-5H,2,6H2,1H3. The summed E-state index contributed by atoms with van der Waals surface area (Å²) in [6, 6.07) is 3.79. The number of carbonyl (C=O) groups excluding carboxylic acids is 1. The molecule has 19 heavy (non-hydrogen) atoms. The highest BCUT2D eigenvalue weighted by molar-refractivity contribution is 5.83. The molecule has 0 atom stereocenters. The van der Waals surface area contributed by atoms with E-state index in [-0.39, 0.29) is 30.3 Å². The van der Waals surface area contributed by atoms with Gasteiger partial charge in [0.1, 0.15) is 0 Å². The number of benzene rings is 1. The van der Waals surface area contributed by atoms with Crippen molar-refractivity contribution < 1.29 is 22.8 Å². The molecule has 0 amide bonds. The van der Waals surface area contributed by atoms with Gasteiger partial charge in [-0.3, -0.25) is 0 Å². The van der Waals surface area contributed by atoms with E-state index in [1.807, 2.05) is 0 Å². The number of nitrogens with zero attached hydrogens (tertiary/aromatic N) is 2. The minimum atomic E-state index is -0.968. The zero-order valence-electron chi connectivity index (χ0n) is 10.0. The summed E-state index contributed by atoms with van der Waals surface area (Å²) in [5, 5.41) is 3.51. The minimum absolute atomic E-state index is 0.0764. The Labute approximate surface area is 107 Å². The minimum Gasteiger partial charge on any atom is -0.459 e. The van der Waals surface area contributed by atoms with Gasteiger partial charge in [0.15, 0.2) is 17.5 Å². The third-order valence-corrected chi connectivity index (χ3v) is 2.30. The smallest absolute Gasteiger partial charge is 0.397 e. The van der Waals surface area contributed by atoms with Gasteiger partial charge < -0.3 is 9.26 Å². The summed E-state index contributed by atoms with van der Waals surface area (Å²) >= 11 is 0. The van der Waals surface area contributed by atoms with Crippen molar-refractivity contribution in [3.63, 3.8) is 0 Å². The first kappa shape index (κ1) is 13.1. The number of aromatic nitrogens is 2. The molecule has 5 nitrogen and oxygen atoms in total. The molecule has 0 saturated heterocycles. The second kappa shape index (κ2) is 5.55. The highest BCUT2D eigenvalue weighted by Crippen LogP contribution is 2.14. The maximum atomic E-state index is 13.4. The van der Waals surface area contributed by atoms with E-state index in [4.69, 9.17) is 0 Å². The van der Waals surface area contributed by atoms with Gasteiger partial charge in [-0.05, 0) is 18.6 Å². The number of rotatable bonds is 4. The number of hydrogen-bond donors (Lipinski definition) is 0. The summed E-state index contributed by atoms with van der Waals surface area (Å²) < 4.78 is 35.8. The predicted octanol–water partition coefficient (Wildman–Crippen LogP) is 2.12. The van der Waals surface area contributed by atoms with Crippen LogP contribution < -0.4 is 0 Å². The van der Waals surface area contributed by atoms with Gasteiger partial charge >= 0.3 is 11.9 Å². The van der Waals surface area contributed by atoms with Crippen LogP contribution in [-0.4, -0.2) is 22.7 Å². The Balaban J connectivity index is 2.16. The molecule has 0 aliphatic heterocycles. The van der Waals surface area contributed by atoms with E-state index in [2.05, 4.69) is 19.4 Å². The second-order valence-corrected chi connectivity index (χ2v) is 3.63. The van der Waals surface area contributed by atoms with Crippen LogP contribution in [0.5, 0.6) is 0 Å². The average Bonchev–Trinajstić information content (AvgIpc) is 2.84. The second-order valence-electron chi connectivity index (χ2n) is 3.63. The molecule has 100 valence electrons. The van der Waals surface area contributed by atoms with Gasteiger partial charge in [-0.1, -0.05) is 17.3 Å². The Morgan fingerprint density at radius 3 is 2.95 bits per heavy atom. The van der Waals surface area contributed by atoms with Crippen LogP contribution in [0.25, 0.3) is 0 Å². The van der Waals surface area contributed by atoms with E-state index < -0.39 is 17.6 Å². The van der Waals surface area contributed by atoms with E-state index in [9.17, 15) is 13.6 Å². The van der Waals surface area contributed by atoms with Crippen molar-refractivity contribution in [1.82, 2.24) is 10.1 Å². The molecular weight excluding hydrogens is 258 g/mol. The Morgan fingerprint density at radius 1 is 1.42 bits per heavy atom. The molecule has 0 bridgehead atoms. The Hall–Kier alpha value is -2.31. The monoisotopic (exact) mass is 268 g/mol. The molecule has 1 aromatic carbocycles. The van der Waals surface area contributed by atoms with Gasteiger partial charge in [0, 0.05) is 6.42 Å². The predicted molar refractivity (Wildman–Crippen MR) is 59.4 cm³/mol. The summed E-state index contributed by atoms with van der Waals surface area (Å²) in [7, 11) is 0. The van der Waals surface area contributed by atoms with Crippen molar-refractivity contribution in [1.29, 1.82) is 0 Å². The molecule has 7 heteroatoms. The van der Waals surface area contributed by atoms with E-state index in [1.165, 1.54) is 12.1 Å². The lowest BCUT2D eigenvalue weighted by atomic mass is 10.1. The van der Waals surface area contributed by atoms with E-state index in [1.54, 1.807) is 6.92 Å². The Kier molecular flexibility index (Phi) is 3.84. The summed E-state index contributed by atoms with van der Waals surface area (Å²) in [5.74, 6) is -2.90. The first-order valence-electron chi connectivity index (χ1n) is 5.54. The summed E-state index contributed by atoms with van der Waals surface area (Å²) in [5.41, 5.74) is 0.0798. The first-order chi connectivity index (χ1) is 9.11. The fourth-order valence-electron chi connectivity index (χ4n) is 1.46. The van der Waals surface area contributed by atoms with Gasteiger partial charge in [-0.2, -0.15) is 4.98 Å². The van der Waals surface area contributed by atoms with Crippen molar-refractivity contribution in [3.8, 4) is 0 Å². The molecule has 0 spiro atoms. The largest absolute Gasteiger partial charge is 0.459 e. The first-order valence-corrected chi connectivity index (χ1v) is 5.54. The number of halogens is 2. The van der Waals surface area contributed by atoms with Gasteiger partial charge in [-0.25, -0.2) is 13.6 Å². The molecule has 2 rings (SSSR count). The van der Waals surface area contributed by atoms with Gasteiger partial charge in [0.05, 0.1) is 6.61 Å². The van der Waals surface area contributed by atoms with E-state index >= 15 is 0 Å². The van der Waals surface area contributed by atoms with Crippen LogP contribution in [0, 0.1) is 11.6 Å². The molecule has 0 radical (unpaired) electrons. The lowest BCUT2D eigenvalue weighted by molar-refractivity contribution is 0.0470. The lowest BCUT2D eigenvalue weighted by Crippen LogP contribution is -2.05. The van der Waals surface area contributed by atoms with Crippen LogP contribution >= 0.6 is 0 Å². The summed E-state index contributed by atoms with van der Waals surface area (Å²) in [4.78, 5) is 15.0. The summed E-state index contributed by atoms with van der Waals surface area (Å²) in [6.07, 6.45) is -0.0769. The molecule has 1 aromatic heterocycles. The molecule has 0 N–H and O–H groups in total. The maximum absolute atomic E-state index is 13.4. The molecule has 0 unspecified atom stereocenters. The van der Waals surface area contributed by atoms with Gasteiger partial charge in [0.25, 0.3) is 0 Å². The lowest BCUT2D eigenvalue weighted by Gasteiger charge is -1.99. The Bertz CT molecular complexity index is 598. The van der Waals surface area contributed by atoms with Crippen LogP contribution in [0.3, 0.4) is 0 Å². The van der Waals surface area contributed by atoms with Crippen LogP contribution in [-0.2, 0) is 11.2 Å². The van der Waals surface area contributed by atoms with Crippen molar-refractivity contribution in [2.45, 2.75) is 13.3 Å². The fraction of sp³-hybridized carbons (Fsp3) is 0.250. The molecule has 0 aliphatic rings. The van der Waals surface area contributed by atoms with Crippen molar-refractivity contribution in [3.05, 3.63) is 47.1 Å². The highest BCUT2D eigenvalue weighted by Gasteiger charge is 2.17. The zero-order chi connectivity index (χ0) is 13.8. The number of esters is 1. The molecule has 0 fully saturated rings. The highest BCUT2D eigenvalue weighted by atomic mass is 19.2. The molecular formula is C12H10F2N2O3. The SMILES string of the molecule is CCOC(=O)c1nc(Cc2cccc(F)c2F)no1. The molecule has 1 heterocycles. The fourth-order valence-corrected chi connectivity index (χ4v) is 1.46. The number of carbonyl (C=O) groups is 1.